The summed E-state index contributed by atoms with van der Waals surface area (Å²) in [7, 11) is 0. The van der Waals surface area contributed by atoms with Gasteiger partial charge in [-0.05, 0) is 56.3 Å². The quantitative estimate of drug-likeness (QED) is 0.682. The molecular formula is C21H21ClN4O3. The fourth-order valence-electron chi connectivity index (χ4n) is 3.94. The number of hydrogen-bond donors (Lipinski definition) is 2. The summed E-state index contributed by atoms with van der Waals surface area (Å²) in [6.45, 7) is 2.31. The second-order valence-corrected chi connectivity index (χ2v) is 7.89. The Hall–Kier alpha value is -2.77. The minimum atomic E-state index is -0.0271. The lowest BCUT2D eigenvalue weighted by molar-refractivity contribution is -0.117. The Labute approximate surface area is 173 Å². The van der Waals surface area contributed by atoms with Crippen LogP contribution in [-0.4, -0.2) is 47.2 Å². The van der Waals surface area contributed by atoms with Gasteiger partial charge in [-0.25, -0.2) is 4.98 Å². The molecule has 0 saturated carbocycles. The minimum absolute atomic E-state index is 0.0271. The average molecular weight is 413 g/mol. The van der Waals surface area contributed by atoms with Crippen LogP contribution in [0.3, 0.4) is 0 Å². The first-order chi connectivity index (χ1) is 14.1. The molecule has 0 bridgehead atoms. The number of aromatic amines is 1. The van der Waals surface area contributed by atoms with Gasteiger partial charge in [0.1, 0.15) is 5.82 Å². The number of nitrogens with one attached hydrogen (secondary N) is 2. The van der Waals surface area contributed by atoms with Gasteiger partial charge in [0.15, 0.2) is 11.5 Å². The van der Waals surface area contributed by atoms with Crippen LogP contribution in [0.1, 0.15) is 24.6 Å². The van der Waals surface area contributed by atoms with Crippen molar-refractivity contribution in [3.05, 3.63) is 47.2 Å². The molecule has 7 nitrogen and oxygen atoms in total. The highest BCUT2D eigenvalue weighted by Gasteiger charge is 2.24. The summed E-state index contributed by atoms with van der Waals surface area (Å²) in [6.07, 6.45) is 1.93. The number of likely N-dealkylation sites (tertiary alicyclic amines) is 1. The highest BCUT2D eigenvalue weighted by atomic mass is 35.5. The average Bonchev–Trinajstić information content (AvgIpc) is 3.34. The number of anilines is 1. The Morgan fingerprint density at radius 3 is 2.86 bits per heavy atom. The van der Waals surface area contributed by atoms with E-state index in [2.05, 4.69) is 15.2 Å². The smallest absolute Gasteiger partial charge is 0.238 e. The highest BCUT2D eigenvalue weighted by molar-refractivity contribution is 6.31. The number of carbonyl (C=O) groups excluding carboxylic acids is 1. The summed E-state index contributed by atoms with van der Waals surface area (Å²) in [6, 6.07) is 11.1. The third-order valence-corrected chi connectivity index (χ3v) is 5.70. The second kappa shape index (κ2) is 7.57. The zero-order valence-electron chi connectivity index (χ0n) is 15.8. The molecule has 0 unspecified atom stereocenters. The highest BCUT2D eigenvalue weighted by Crippen LogP contribution is 2.34. The number of aromatic nitrogens is 2. The lowest BCUT2D eigenvalue weighted by Crippen LogP contribution is -2.38. The molecule has 29 heavy (non-hydrogen) atoms. The monoisotopic (exact) mass is 412 g/mol. The van der Waals surface area contributed by atoms with Gasteiger partial charge in [0, 0.05) is 22.7 Å². The largest absolute Gasteiger partial charge is 0.454 e. The molecule has 2 aliphatic heterocycles. The molecule has 1 saturated heterocycles. The van der Waals surface area contributed by atoms with Crippen LogP contribution in [0.25, 0.3) is 11.0 Å². The molecule has 2 aromatic carbocycles. The molecule has 0 aliphatic carbocycles. The third-order valence-electron chi connectivity index (χ3n) is 5.46. The van der Waals surface area contributed by atoms with Crippen molar-refractivity contribution in [1.82, 2.24) is 14.9 Å². The number of piperidine rings is 1. The topological polar surface area (TPSA) is 79.5 Å². The molecule has 1 fully saturated rings. The predicted octanol–water partition coefficient (Wildman–Crippen LogP) is 3.76. The number of halogens is 1. The van der Waals surface area contributed by atoms with Crippen molar-refractivity contribution in [2.45, 2.75) is 18.8 Å². The Kier molecular flexibility index (Phi) is 4.77. The van der Waals surface area contributed by atoms with E-state index < -0.39 is 0 Å². The maximum atomic E-state index is 12.4. The molecule has 3 heterocycles. The van der Waals surface area contributed by atoms with E-state index in [1.807, 2.05) is 30.3 Å². The molecule has 2 aliphatic rings. The summed E-state index contributed by atoms with van der Waals surface area (Å²) in [5.41, 5.74) is 2.63. The van der Waals surface area contributed by atoms with Crippen molar-refractivity contribution in [3.8, 4) is 11.5 Å². The van der Waals surface area contributed by atoms with Gasteiger partial charge in [-0.1, -0.05) is 11.6 Å². The van der Waals surface area contributed by atoms with Gasteiger partial charge in [0.05, 0.1) is 17.6 Å². The van der Waals surface area contributed by atoms with Gasteiger partial charge in [-0.15, -0.1) is 0 Å². The second-order valence-electron chi connectivity index (χ2n) is 7.45. The van der Waals surface area contributed by atoms with Crippen LogP contribution < -0.4 is 14.8 Å². The van der Waals surface area contributed by atoms with E-state index >= 15 is 0 Å². The number of amides is 1. The van der Waals surface area contributed by atoms with Gasteiger partial charge in [0.2, 0.25) is 12.7 Å². The van der Waals surface area contributed by atoms with E-state index in [-0.39, 0.29) is 12.7 Å². The van der Waals surface area contributed by atoms with Crippen molar-refractivity contribution in [1.29, 1.82) is 0 Å². The zero-order chi connectivity index (χ0) is 19.8. The van der Waals surface area contributed by atoms with E-state index in [4.69, 9.17) is 26.1 Å². The van der Waals surface area contributed by atoms with E-state index in [9.17, 15) is 4.79 Å². The van der Waals surface area contributed by atoms with E-state index in [1.165, 1.54) is 0 Å². The van der Waals surface area contributed by atoms with E-state index in [0.29, 0.717) is 29.0 Å². The molecule has 0 radical (unpaired) electrons. The summed E-state index contributed by atoms with van der Waals surface area (Å²) >= 11 is 6.06. The standard InChI is InChI=1S/C21H21ClN4O3/c22-14-1-3-16-17(9-14)25-21(24-16)13-5-7-26(8-6-13)11-20(27)23-15-2-4-18-19(10-15)29-12-28-18/h1-4,9-10,13H,5-8,11-12H2,(H,23,27)(H,24,25). The summed E-state index contributed by atoms with van der Waals surface area (Å²) in [5, 5.41) is 3.64. The number of fused-ring (bicyclic) bond motifs is 2. The van der Waals surface area contributed by atoms with Crippen LogP contribution in [0.4, 0.5) is 5.69 Å². The van der Waals surface area contributed by atoms with Crippen LogP contribution in [-0.2, 0) is 4.79 Å². The SMILES string of the molecule is O=C(CN1CCC(c2nc3ccc(Cl)cc3[nH]2)CC1)Nc1ccc2c(c1)OCO2. The first-order valence-electron chi connectivity index (χ1n) is 9.71. The molecule has 5 rings (SSSR count). The van der Waals surface area contributed by atoms with Gasteiger partial charge in [-0.2, -0.15) is 0 Å². The summed E-state index contributed by atoms with van der Waals surface area (Å²) < 4.78 is 10.6. The van der Waals surface area contributed by atoms with Crippen molar-refractivity contribution < 1.29 is 14.3 Å². The van der Waals surface area contributed by atoms with Crippen molar-refractivity contribution in [3.63, 3.8) is 0 Å². The maximum Gasteiger partial charge on any atom is 0.238 e. The Bertz CT molecular complexity index is 1060. The van der Waals surface area contributed by atoms with Gasteiger partial charge in [-0.3, -0.25) is 9.69 Å². The first kappa shape index (κ1) is 18.3. The molecule has 0 atom stereocenters. The molecule has 0 spiro atoms. The number of carbonyl (C=O) groups is 1. The van der Waals surface area contributed by atoms with E-state index in [0.717, 1.165) is 48.5 Å². The van der Waals surface area contributed by atoms with Crippen molar-refractivity contribution >= 4 is 34.2 Å². The first-order valence-corrected chi connectivity index (χ1v) is 10.1. The molecule has 8 heteroatoms. The lowest BCUT2D eigenvalue weighted by atomic mass is 9.96. The molecular weight excluding hydrogens is 392 g/mol. The van der Waals surface area contributed by atoms with Crippen LogP contribution in [0.2, 0.25) is 5.02 Å². The summed E-state index contributed by atoms with van der Waals surface area (Å²) in [5.74, 6) is 2.72. The number of imidazole rings is 1. The number of rotatable bonds is 4. The normalized spacial score (nSPS) is 17.0. The number of nitrogens with zero attached hydrogens (tertiary/aromatic N) is 2. The van der Waals surface area contributed by atoms with Gasteiger partial charge in [0.25, 0.3) is 0 Å². The van der Waals surface area contributed by atoms with Crippen molar-refractivity contribution in [2.24, 2.45) is 0 Å². The molecule has 1 aromatic heterocycles. The number of ether oxygens (including phenoxy) is 2. The van der Waals surface area contributed by atoms with Crippen LogP contribution >= 0.6 is 11.6 Å². The third kappa shape index (κ3) is 3.88. The number of benzene rings is 2. The molecule has 3 aromatic rings. The maximum absolute atomic E-state index is 12.4. The number of H-pyrrole nitrogens is 1. The summed E-state index contributed by atoms with van der Waals surface area (Å²) in [4.78, 5) is 22.7. The van der Waals surface area contributed by atoms with Crippen molar-refractivity contribution in [2.75, 3.05) is 31.7 Å². The van der Waals surface area contributed by atoms with Crippen LogP contribution in [0.5, 0.6) is 11.5 Å². The number of hydrogen-bond acceptors (Lipinski definition) is 5. The molecule has 2 N–H and O–H groups in total. The Morgan fingerprint density at radius 1 is 1.17 bits per heavy atom. The van der Waals surface area contributed by atoms with Gasteiger partial charge >= 0.3 is 0 Å². The Morgan fingerprint density at radius 2 is 2.00 bits per heavy atom. The fraction of sp³-hybridized carbons (Fsp3) is 0.333. The van der Waals surface area contributed by atoms with E-state index in [1.54, 1.807) is 6.07 Å². The molecule has 150 valence electrons. The lowest BCUT2D eigenvalue weighted by Gasteiger charge is -2.30. The fourth-order valence-corrected chi connectivity index (χ4v) is 4.11. The Balaban J connectivity index is 1.15. The predicted molar refractivity (Wildman–Crippen MR) is 111 cm³/mol. The minimum Gasteiger partial charge on any atom is -0.454 e. The zero-order valence-corrected chi connectivity index (χ0v) is 16.5. The van der Waals surface area contributed by atoms with Crippen LogP contribution in [0.15, 0.2) is 36.4 Å². The molecule has 1 amide bonds. The van der Waals surface area contributed by atoms with Gasteiger partial charge < -0.3 is 19.8 Å². The van der Waals surface area contributed by atoms with Crippen LogP contribution in [0, 0.1) is 0 Å².